The number of aromatic hydroxyl groups is 1. The molecular formula is C30H45NO11S2. The van der Waals surface area contributed by atoms with Gasteiger partial charge in [0.15, 0.2) is 15.6 Å². The van der Waals surface area contributed by atoms with Gasteiger partial charge in [-0.25, -0.2) is 21.6 Å². The van der Waals surface area contributed by atoms with Gasteiger partial charge in [0.2, 0.25) is 0 Å². The molecule has 0 amide bonds. The van der Waals surface area contributed by atoms with Crippen LogP contribution >= 0.6 is 0 Å². The fourth-order valence-electron chi connectivity index (χ4n) is 3.96. The second kappa shape index (κ2) is 18.7. The molecule has 0 aliphatic carbocycles. The van der Waals surface area contributed by atoms with E-state index in [1.807, 2.05) is 13.8 Å². The first-order valence-electron chi connectivity index (χ1n) is 14.2. The van der Waals surface area contributed by atoms with Crippen molar-refractivity contribution in [2.75, 3.05) is 43.7 Å². The number of aliphatic hydroxyl groups excluding tert-OH is 2. The van der Waals surface area contributed by atoms with Gasteiger partial charge in [-0.1, -0.05) is 38.2 Å². The van der Waals surface area contributed by atoms with Crippen LogP contribution in [0.25, 0.3) is 6.08 Å². The van der Waals surface area contributed by atoms with E-state index < -0.39 is 55.5 Å². The third-order valence-corrected chi connectivity index (χ3v) is 7.86. The molecule has 0 bridgehead atoms. The van der Waals surface area contributed by atoms with Crippen molar-refractivity contribution in [1.82, 2.24) is 5.32 Å². The number of sulfone groups is 2. The maximum absolute atomic E-state index is 12.9. The minimum atomic E-state index is -3.33. The molecule has 0 spiro atoms. The average molecular weight is 660 g/mol. The molecule has 4 N–H and O–H groups in total. The van der Waals surface area contributed by atoms with E-state index in [1.165, 1.54) is 30.4 Å². The summed E-state index contributed by atoms with van der Waals surface area (Å²) < 4.78 is 57.4. The number of fused-ring (bicyclic) bond motifs is 1. The van der Waals surface area contributed by atoms with Gasteiger partial charge in [-0.2, -0.15) is 0 Å². The summed E-state index contributed by atoms with van der Waals surface area (Å²) in [5, 5.41) is 33.9. The Morgan fingerprint density at radius 1 is 1.05 bits per heavy atom. The molecule has 0 radical (unpaired) electrons. The van der Waals surface area contributed by atoms with Gasteiger partial charge >= 0.3 is 5.97 Å². The minimum Gasteiger partial charge on any atom is -0.507 e. The molecule has 3 atom stereocenters. The van der Waals surface area contributed by atoms with E-state index >= 15 is 0 Å². The normalized spacial score (nSPS) is 21.6. The molecule has 2 rings (SSSR count). The number of hydrogen-bond acceptors (Lipinski definition) is 12. The zero-order valence-corrected chi connectivity index (χ0v) is 27.5. The maximum Gasteiger partial charge on any atom is 0.342 e. The highest BCUT2D eigenvalue weighted by Gasteiger charge is 2.23. The number of phenols is 1. The Balaban J connectivity index is 0.00000474. The van der Waals surface area contributed by atoms with Crippen molar-refractivity contribution in [1.29, 1.82) is 0 Å². The van der Waals surface area contributed by atoms with Crippen molar-refractivity contribution in [3.63, 3.8) is 0 Å². The molecule has 0 aromatic heterocycles. The van der Waals surface area contributed by atoms with Crippen molar-refractivity contribution in [2.45, 2.75) is 58.3 Å². The zero-order valence-electron chi connectivity index (χ0n) is 25.9. The topological polar surface area (TPSA) is 194 Å². The van der Waals surface area contributed by atoms with Crippen molar-refractivity contribution in [3.05, 3.63) is 53.1 Å². The number of ketones is 1. The number of esters is 1. The van der Waals surface area contributed by atoms with E-state index in [0.29, 0.717) is 5.57 Å². The third-order valence-electron chi connectivity index (χ3n) is 5.98. The van der Waals surface area contributed by atoms with Crippen molar-refractivity contribution in [3.8, 4) is 11.5 Å². The lowest BCUT2D eigenvalue weighted by molar-refractivity contribution is -0.127. The Kier molecular flexibility index (Phi) is 16.6. The van der Waals surface area contributed by atoms with Crippen LogP contribution < -0.4 is 10.1 Å². The highest BCUT2D eigenvalue weighted by Crippen LogP contribution is 2.30. The van der Waals surface area contributed by atoms with Gasteiger partial charge in [0.1, 0.15) is 45.7 Å². The van der Waals surface area contributed by atoms with E-state index in [2.05, 4.69) is 5.32 Å². The van der Waals surface area contributed by atoms with Crippen LogP contribution in [0, 0.1) is 0 Å². The summed E-state index contributed by atoms with van der Waals surface area (Å²) in [4.78, 5) is 24.9. The second-order valence-corrected chi connectivity index (χ2v) is 14.6. The number of cyclic esters (lactones) is 1. The molecule has 3 unspecified atom stereocenters. The number of carbonyl (C=O) groups is 2. The zero-order chi connectivity index (χ0) is 33.5. The fraction of sp³-hybridized carbons (Fsp3) is 0.533. The average Bonchev–Trinajstić information content (AvgIpc) is 2.91. The number of rotatable bonds is 11. The number of phenolic OH excluding ortho intramolecular Hbond substituents is 1. The number of allylic oxidation sites excluding steroid dienone is 1. The highest BCUT2D eigenvalue weighted by molar-refractivity contribution is 7.91. The summed E-state index contributed by atoms with van der Waals surface area (Å²) >= 11 is 0. The fourth-order valence-corrected chi connectivity index (χ4v) is 5.40. The molecule has 0 saturated carbocycles. The standard InChI is InChI=1S/C28H39NO11S2.C2H6/c1-19-7-4-10-23(30)27(33)24(31)11-5-9-21-15-22(16-25(32)26(21)28(34)40-19)39-13-12-29-17-20(18-42(3,37)38)8-6-14-41(2,35)36;1-2/h4-5,8-10,15-16,19,24,27,29,31-33H,6-7,11-14,17-18H2,1-3H3;1-2H3/b9-5+,10-4-,20-8+;. The van der Waals surface area contributed by atoms with E-state index in [-0.39, 0.29) is 67.3 Å². The molecule has 1 aromatic carbocycles. The van der Waals surface area contributed by atoms with E-state index in [4.69, 9.17) is 9.47 Å². The summed E-state index contributed by atoms with van der Waals surface area (Å²) in [5.41, 5.74) is 0.618. The van der Waals surface area contributed by atoms with Crippen LogP contribution in [-0.4, -0.2) is 106 Å². The first-order valence-corrected chi connectivity index (χ1v) is 18.4. The SMILES string of the molecule is CC.CC1C/C=C\C(=O)C(O)C(O)C/C=C/c2cc(OCCNC/C(=C\CCS(C)(=O)=O)CS(C)(=O)=O)cc(O)c2C(=O)O1. The minimum absolute atomic E-state index is 0.0955. The third kappa shape index (κ3) is 15.1. The molecule has 14 heteroatoms. The molecular weight excluding hydrogens is 614 g/mol. The molecule has 44 heavy (non-hydrogen) atoms. The predicted octanol–water partition coefficient (Wildman–Crippen LogP) is 1.99. The van der Waals surface area contributed by atoms with Crippen LogP contribution in [0.2, 0.25) is 0 Å². The summed E-state index contributed by atoms with van der Waals surface area (Å²) in [5.74, 6) is -1.99. The van der Waals surface area contributed by atoms with Crippen LogP contribution in [-0.2, 0) is 29.2 Å². The van der Waals surface area contributed by atoms with E-state index in [1.54, 1.807) is 13.0 Å². The Labute approximate surface area is 260 Å². The molecule has 1 aromatic rings. The number of carbonyl (C=O) groups excluding carboxylic acids is 2. The number of hydrogen-bond donors (Lipinski definition) is 4. The monoisotopic (exact) mass is 659 g/mol. The molecule has 0 fully saturated rings. The molecule has 0 saturated heterocycles. The van der Waals surface area contributed by atoms with E-state index in [9.17, 15) is 41.7 Å². The number of benzene rings is 1. The summed E-state index contributed by atoms with van der Waals surface area (Å²) in [6.07, 6.45) is 5.79. The van der Waals surface area contributed by atoms with Gasteiger partial charge in [-0.3, -0.25) is 4.79 Å². The quantitative estimate of drug-likeness (QED) is 0.154. The lowest BCUT2D eigenvalue weighted by Crippen LogP contribution is -2.32. The van der Waals surface area contributed by atoms with Gasteiger partial charge in [-0.05, 0) is 43.0 Å². The Bertz CT molecular complexity index is 1410. The molecule has 248 valence electrons. The first kappa shape index (κ1) is 39.0. The number of ether oxygens (including phenoxy) is 2. The summed E-state index contributed by atoms with van der Waals surface area (Å²) in [6.45, 7) is 6.15. The van der Waals surface area contributed by atoms with Crippen molar-refractivity contribution < 1.29 is 51.2 Å². The lowest BCUT2D eigenvalue weighted by atomic mass is 10.0. The maximum atomic E-state index is 12.9. The number of aliphatic hydroxyl groups is 2. The summed E-state index contributed by atoms with van der Waals surface area (Å²) in [6, 6.07) is 2.73. The van der Waals surface area contributed by atoms with Gasteiger partial charge in [-0.15, -0.1) is 0 Å². The van der Waals surface area contributed by atoms with Gasteiger partial charge in [0.05, 0.1) is 17.6 Å². The van der Waals surface area contributed by atoms with Gasteiger partial charge in [0, 0.05) is 38.1 Å². The van der Waals surface area contributed by atoms with Crippen LogP contribution in [0.3, 0.4) is 0 Å². The van der Waals surface area contributed by atoms with Gasteiger partial charge < -0.3 is 30.1 Å². The van der Waals surface area contributed by atoms with Crippen LogP contribution in [0.4, 0.5) is 0 Å². The van der Waals surface area contributed by atoms with Crippen LogP contribution in [0.5, 0.6) is 11.5 Å². The molecule has 12 nitrogen and oxygen atoms in total. The highest BCUT2D eigenvalue weighted by atomic mass is 32.2. The number of nitrogens with one attached hydrogen (secondary N) is 1. The molecule has 1 heterocycles. The van der Waals surface area contributed by atoms with Crippen molar-refractivity contribution in [2.24, 2.45) is 0 Å². The second-order valence-electron chi connectivity index (χ2n) is 10.2. The van der Waals surface area contributed by atoms with Gasteiger partial charge in [0.25, 0.3) is 0 Å². The van der Waals surface area contributed by atoms with E-state index in [0.717, 1.165) is 18.6 Å². The Morgan fingerprint density at radius 2 is 1.70 bits per heavy atom. The Hall–Kier alpha value is -3.04. The Morgan fingerprint density at radius 3 is 2.34 bits per heavy atom. The lowest BCUT2D eigenvalue weighted by Gasteiger charge is -2.17. The van der Waals surface area contributed by atoms with Crippen LogP contribution in [0.1, 0.15) is 56.0 Å². The molecule has 1 aliphatic rings. The van der Waals surface area contributed by atoms with Crippen LogP contribution in [0.15, 0.2) is 42.0 Å². The summed E-state index contributed by atoms with van der Waals surface area (Å²) in [7, 11) is -6.52. The largest absolute Gasteiger partial charge is 0.507 e. The smallest absolute Gasteiger partial charge is 0.342 e. The predicted molar refractivity (Wildman–Crippen MR) is 169 cm³/mol. The van der Waals surface area contributed by atoms with Crippen molar-refractivity contribution >= 4 is 37.5 Å². The molecule has 1 aliphatic heterocycles. The first-order chi connectivity index (χ1) is 20.6.